The lowest BCUT2D eigenvalue weighted by atomic mass is 10.0. The standard InChI is InChI=1S/C23H23N3O4S/c1-2-3-12-26-22(29)20(21(28)25-23(26)30)17-13-19(14-8-10-15(27)11-9-14)31-18-7-5-4-6-16(18)24-17/h4-11,19,27,29H,2-3,12-13H2,1H3,(H,25,28,30)/t19-/m0/s1. The molecular weight excluding hydrogens is 414 g/mol. The number of unbranched alkanes of at least 4 members (excludes halogenated alkanes) is 1. The molecule has 1 aromatic heterocycles. The fourth-order valence-electron chi connectivity index (χ4n) is 3.59. The number of hydrogen-bond donors (Lipinski definition) is 3. The molecule has 0 radical (unpaired) electrons. The summed E-state index contributed by atoms with van der Waals surface area (Å²) in [5.41, 5.74) is 0.828. The molecule has 0 bridgehead atoms. The van der Waals surface area contributed by atoms with Crippen molar-refractivity contribution in [2.45, 2.75) is 42.9 Å². The van der Waals surface area contributed by atoms with Crippen molar-refractivity contribution in [3.05, 3.63) is 80.5 Å². The Bertz CT molecular complexity index is 1240. The number of aromatic amines is 1. The summed E-state index contributed by atoms with van der Waals surface area (Å²) in [7, 11) is 0. The molecule has 0 saturated carbocycles. The summed E-state index contributed by atoms with van der Waals surface area (Å²) < 4.78 is 1.20. The molecule has 31 heavy (non-hydrogen) atoms. The molecule has 0 aliphatic carbocycles. The Labute approximate surface area is 183 Å². The van der Waals surface area contributed by atoms with Crippen molar-refractivity contribution in [2.75, 3.05) is 0 Å². The van der Waals surface area contributed by atoms with E-state index in [1.807, 2.05) is 43.3 Å². The molecule has 2 aromatic carbocycles. The number of aromatic hydroxyl groups is 2. The van der Waals surface area contributed by atoms with Crippen LogP contribution in [0.4, 0.5) is 5.69 Å². The second-order valence-corrected chi connectivity index (χ2v) is 8.64. The molecule has 2 heterocycles. The highest BCUT2D eigenvalue weighted by Gasteiger charge is 2.27. The molecule has 0 saturated heterocycles. The monoisotopic (exact) mass is 437 g/mol. The van der Waals surface area contributed by atoms with Crippen molar-refractivity contribution in [2.24, 2.45) is 4.99 Å². The number of benzene rings is 2. The van der Waals surface area contributed by atoms with E-state index in [9.17, 15) is 19.8 Å². The Balaban J connectivity index is 1.87. The SMILES string of the molecule is CCCCn1c(O)c(C2=Nc3ccccc3S[C@H](c3ccc(O)cc3)C2)c(=O)[nH]c1=O. The third-order valence-corrected chi connectivity index (χ3v) is 6.55. The molecule has 160 valence electrons. The van der Waals surface area contributed by atoms with Crippen LogP contribution >= 0.6 is 11.8 Å². The maximum Gasteiger partial charge on any atom is 0.331 e. The number of para-hydroxylation sites is 1. The number of phenols is 1. The number of nitrogens with zero attached hydrogens (tertiary/aromatic N) is 2. The van der Waals surface area contributed by atoms with E-state index < -0.39 is 11.2 Å². The van der Waals surface area contributed by atoms with Crippen LogP contribution in [0, 0.1) is 0 Å². The zero-order valence-corrected chi connectivity index (χ0v) is 17.9. The summed E-state index contributed by atoms with van der Waals surface area (Å²) in [6, 6.07) is 14.5. The van der Waals surface area contributed by atoms with Gasteiger partial charge in [-0.15, -0.1) is 11.8 Å². The number of hydrogen-bond acceptors (Lipinski definition) is 6. The van der Waals surface area contributed by atoms with Gasteiger partial charge in [0.15, 0.2) is 0 Å². The van der Waals surface area contributed by atoms with Crippen molar-refractivity contribution in [1.82, 2.24) is 9.55 Å². The Morgan fingerprint density at radius 3 is 2.61 bits per heavy atom. The van der Waals surface area contributed by atoms with Crippen LogP contribution in [0.3, 0.4) is 0 Å². The molecular formula is C23H23N3O4S. The molecule has 0 unspecified atom stereocenters. The first-order valence-electron chi connectivity index (χ1n) is 10.2. The Hall–Kier alpha value is -3.26. The van der Waals surface area contributed by atoms with Crippen LogP contribution in [0.25, 0.3) is 0 Å². The van der Waals surface area contributed by atoms with Crippen molar-refractivity contribution in [3.63, 3.8) is 0 Å². The van der Waals surface area contributed by atoms with Gasteiger partial charge in [0, 0.05) is 23.1 Å². The third kappa shape index (κ3) is 4.29. The second kappa shape index (κ2) is 8.85. The van der Waals surface area contributed by atoms with E-state index >= 15 is 0 Å². The molecule has 0 amide bonds. The lowest BCUT2D eigenvalue weighted by molar-refractivity contribution is 0.394. The smallest absolute Gasteiger partial charge is 0.331 e. The van der Waals surface area contributed by atoms with E-state index in [1.165, 1.54) is 4.57 Å². The van der Waals surface area contributed by atoms with Gasteiger partial charge in [-0.05, 0) is 36.2 Å². The van der Waals surface area contributed by atoms with Gasteiger partial charge in [-0.2, -0.15) is 0 Å². The average molecular weight is 438 g/mol. The van der Waals surface area contributed by atoms with Crippen LogP contribution in [0.2, 0.25) is 0 Å². The van der Waals surface area contributed by atoms with E-state index in [4.69, 9.17) is 4.99 Å². The summed E-state index contributed by atoms with van der Waals surface area (Å²) >= 11 is 1.61. The quantitative estimate of drug-likeness (QED) is 0.557. The van der Waals surface area contributed by atoms with Crippen molar-refractivity contribution >= 4 is 23.2 Å². The number of rotatable bonds is 5. The minimum absolute atomic E-state index is 0.0248. The van der Waals surface area contributed by atoms with Gasteiger partial charge in [0.1, 0.15) is 11.3 Å². The maximum atomic E-state index is 12.7. The first-order chi connectivity index (χ1) is 15.0. The van der Waals surface area contributed by atoms with Crippen LogP contribution in [0.15, 0.2) is 68.0 Å². The zero-order chi connectivity index (χ0) is 22.0. The Kier molecular flexibility index (Phi) is 5.99. The predicted molar refractivity (Wildman–Crippen MR) is 122 cm³/mol. The molecule has 1 aliphatic heterocycles. The normalized spacial score (nSPS) is 15.8. The fraction of sp³-hybridized carbons (Fsp3) is 0.261. The molecule has 3 N–H and O–H groups in total. The molecule has 7 nitrogen and oxygen atoms in total. The first-order valence-corrected chi connectivity index (χ1v) is 11.0. The van der Waals surface area contributed by atoms with E-state index in [0.717, 1.165) is 16.9 Å². The van der Waals surface area contributed by atoms with Crippen molar-refractivity contribution in [1.29, 1.82) is 0 Å². The average Bonchev–Trinajstić information content (AvgIpc) is 2.93. The number of fused-ring (bicyclic) bond motifs is 1. The van der Waals surface area contributed by atoms with Crippen molar-refractivity contribution < 1.29 is 10.2 Å². The number of aliphatic imine (C=N–C) groups is 1. The predicted octanol–water partition coefficient (Wildman–Crippen LogP) is 4.11. The topological polar surface area (TPSA) is 108 Å². The highest BCUT2D eigenvalue weighted by atomic mass is 32.2. The lowest BCUT2D eigenvalue weighted by Gasteiger charge is -2.17. The Morgan fingerprint density at radius 1 is 1.13 bits per heavy atom. The van der Waals surface area contributed by atoms with Gasteiger partial charge in [0.05, 0.1) is 11.4 Å². The molecule has 0 spiro atoms. The van der Waals surface area contributed by atoms with Gasteiger partial charge >= 0.3 is 5.69 Å². The molecule has 1 aliphatic rings. The minimum atomic E-state index is -0.650. The van der Waals surface area contributed by atoms with Crippen LogP contribution in [-0.4, -0.2) is 25.5 Å². The summed E-state index contributed by atoms with van der Waals surface area (Å²) in [6.45, 7) is 2.30. The minimum Gasteiger partial charge on any atom is -0.508 e. The Morgan fingerprint density at radius 2 is 1.87 bits per heavy atom. The molecule has 3 aromatic rings. The molecule has 0 fully saturated rings. The summed E-state index contributed by atoms with van der Waals surface area (Å²) in [4.78, 5) is 33.0. The van der Waals surface area contributed by atoms with Gasteiger partial charge in [-0.25, -0.2) is 4.79 Å². The van der Waals surface area contributed by atoms with Gasteiger partial charge < -0.3 is 10.2 Å². The third-order valence-electron chi connectivity index (χ3n) is 5.23. The highest BCUT2D eigenvalue weighted by molar-refractivity contribution is 7.99. The van der Waals surface area contributed by atoms with Crippen LogP contribution < -0.4 is 11.2 Å². The van der Waals surface area contributed by atoms with E-state index in [1.54, 1.807) is 23.9 Å². The fourth-order valence-corrected chi connectivity index (χ4v) is 4.82. The number of phenolic OH excluding ortho intramolecular Hbond substituents is 1. The number of aromatic nitrogens is 2. The van der Waals surface area contributed by atoms with Gasteiger partial charge in [0.25, 0.3) is 5.56 Å². The van der Waals surface area contributed by atoms with E-state index in [0.29, 0.717) is 30.8 Å². The largest absolute Gasteiger partial charge is 0.508 e. The first kappa shape index (κ1) is 21.0. The van der Waals surface area contributed by atoms with Crippen LogP contribution in [0.1, 0.15) is 42.6 Å². The highest BCUT2D eigenvalue weighted by Crippen LogP contribution is 2.45. The lowest BCUT2D eigenvalue weighted by Crippen LogP contribution is -2.34. The van der Waals surface area contributed by atoms with Crippen molar-refractivity contribution in [3.8, 4) is 11.6 Å². The number of thioether (sulfide) groups is 1. The van der Waals surface area contributed by atoms with Crippen LogP contribution in [0.5, 0.6) is 11.6 Å². The number of H-pyrrole nitrogens is 1. The zero-order valence-electron chi connectivity index (χ0n) is 17.0. The van der Waals surface area contributed by atoms with E-state index in [2.05, 4.69) is 4.98 Å². The van der Waals surface area contributed by atoms with E-state index in [-0.39, 0.29) is 22.4 Å². The van der Waals surface area contributed by atoms with Crippen LogP contribution in [-0.2, 0) is 6.54 Å². The van der Waals surface area contributed by atoms with Gasteiger partial charge in [-0.1, -0.05) is 37.6 Å². The summed E-state index contributed by atoms with van der Waals surface area (Å²) in [6.07, 6.45) is 1.90. The maximum absolute atomic E-state index is 12.7. The molecule has 4 rings (SSSR count). The van der Waals surface area contributed by atoms with Gasteiger partial charge in [-0.3, -0.25) is 19.3 Å². The van der Waals surface area contributed by atoms with Gasteiger partial charge in [0.2, 0.25) is 5.88 Å². The summed E-state index contributed by atoms with van der Waals surface area (Å²) in [5, 5.41) is 20.4. The summed E-state index contributed by atoms with van der Waals surface area (Å²) in [5.74, 6) is -0.177. The molecule has 1 atom stereocenters. The molecule has 8 heteroatoms. The second-order valence-electron chi connectivity index (χ2n) is 7.39. The number of nitrogens with one attached hydrogen (secondary N) is 1.